The summed E-state index contributed by atoms with van der Waals surface area (Å²) in [5.41, 5.74) is 4.21. The van der Waals surface area contributed by atoms with Gasteiger partial charge in [0.25, 0.3) is 0 Å². The van der Waals surface area contributed by atoms with Crippen LogP contribution in [0.3, 0.4) is 0 Å². The zero-order chi connectivity index (χ0) is 58.2. The maximum absolute atomic E-state index is 9.02. The van der Waals surface area contributed by atoms with Gasteiger partial charge < -0.3 is 14.5 Å². The van der Waals surface area contributed by atoms with Gasteiger partial charge in [-0.3, -0.25) is 4.57 Å². The zero-order valence-corrected chi connectivity index (χ0v) is 40.5. The van der Waals surface area contributed by atoms with Gasteiger partial charge in [-0.2, -0.15) is 0 Å². The summed E-state index contributed by atoms with van der Waals surface area (Å²) in [6, 6.07) is 45.7. The summed E-state index contributed by atoms with van der Waals surface area (Å²) in [5.74, 6) is 3.17. The Hall–Kier alpha value is -9.14. The van der Waals surface area contributed by atoms with E-state index in [1.54, 1.807) is 35.5 Å². The maximum atomic E-state index is 9.02. The first-order chi connectivity index (χ1) is 39.8. The Bertz CT molecular complexity index is 4210. The molecule has 0 N–H and O–H groups in total. The monoisotopic (exact) mass is 957 g/mol. The van der Waals surface area contributed by atoms with E-state index in [9.17, 15) is 0 Å². The molecule has 354 valence electrons. The number of benzene rings is 8. The highest BCUT2D eigenvalue weighted by atomic mass is 16.5. The van der Waals surface area contributed by atoms with E-state index in [1.807, 2.05) is 108 Å². The van der Waals surface area contributed by atoms with E-state index >= 15 is 0 Å². The molecule has 8 nitrogen and oxygen atoms in total. The van der Waals surface area contributed by atoms with Crippen molar-refractivity contribution in [3.05, 3.63) is 260 Å². The molecule has 0 spiro atoms. The summed E-state index contributed by atoms with van der Waals surface area (Å²) in [4.78, 5) is 24.6. The van der Waals surface area contributed by atoms with Crippen molar-refractivity contribution >= 4 is 33.2 Å². The minimum atomic E-state index is -0.670. The van der Waals surface area contributed by atoms with Crippen LogP contribution in [0.1, 0.15) is 64.2 Å². The van der Waals surface area contributed by atoms with Crippen molar-refractivity contribution in [2.75, 3.05) is 16.5 Å². The Labute approximate surface area is 440 Å². The fourth-order valence-corrected chi connectivity index (χ4v) is 9.62. The number of nitrogens with zero attached hydrogens (tertiary/aromatic N) is 7. The second kappa shape index (κ2) is 18.6. The number of rotatable bonds is 12. The van der Waals surface area contributed by atoms with Gasteiger partial charge in [-0.25, -0.2) is 19.9 Å². The van der Waals surface area contributed by atoms with Gasteiger partial charge >= 0.3 is 0 Å². The number of pyridine rings is 1. The van der Waals surface area contributed by atoms with Crippen LogP contribution >= 0.6 is 0 Å². The molecule has 8 heteroatoms. The van der Waals surface area contributed by atoms with Crippen LogP contribution < -0.4 is 14.5 Å². The third-order valence-electron chi connectivity index (χ3n) is 13.6. The molecule has 0 atom stereocenters. The van der Waals surface area contributed by atoms with Gasteiger partial charge in [0.15, 0.2) is 5.82 Å². The highest BCUT2D eigenvalue weighted by Gasteiger charge is 2.34. The first kappa shape index (κ1) is 35.0. The second-order valence-corrected chi connectivity index (χ2v) is 18.9. The van der Waals surface area contributed by atoms with Crippen LogP contribution in [0, 0.1) is 0 Å². The SMILES string of the molecule is [2H]c1c([2H])c([2H])c(-c2cccc(-c3c([2H])c([2H])c([2H])c([2H])c3[2H])c2N2C=CN(c3cccc(Oc4cc5c(cc4-c4nc(C(C)(C)c6ccccc6)nc(C(C)(C)c6ccccc6)n4)c4ccccc4n5-c4ccccn4)c3)C2)c([2H])c1[2H]. The number of hydrogen-bond donors (Lipinski definition) is 0. The highest BCUT2D eigenvalue weighted by Crippen LogP contribution is 2.45. The molecule has 11 aromatic rings. The second-order valence-electron chi connectivity index (χ2n) is 18.9. The number of aromatic nitrogens is 5. The van der Waals surface area contributed by atoms with Gasteiger partial charge in [0, 0.05) is 69.1 Å². The van der Waals surface area contributed by atoms with E-state index in [1.165, 1.54) is 0 Å². The zero-order valence-electron chi connectivity index (χ0n) is 50.5. The molecule has 1 aliphatic heterocycles. The number of para-hydroxylation sites is 2. The van der Waals surface area contributed by atoms with Crippen molar-refractivity contribution in [1.82, 2.24) is 24.5 Å². The van der Waals surface area contributed by atoms with Crippen LogP contribution in [0.5, 0.6) is 11.5 Å². The molecule has 8 aromatic carbocycles. The Morgan fingerprint density at radius 3 is 1.73 bits per heavy atom. The van der Waals surface area contributed by atoms with Gasteiger partial charge in [0.1, 0.15) is 29.0 Å². The van der Waals surface area contributed by atoms with Crippen molar-refractivity contribution in [3.63, 3.8) is 0 Å². The fourth-order valence-electron chi connectivity index (χ4n) is 9.62. The molecular formula is C65H53N7O. The molecule has 0 radical (unpaired) electrons. The molecule has 1 aliphatic rings. The lowest BCUT2D eigenvalue weighted by atomic mass is 9.82. The predicted octanol–water partition coefficient (Wildman–Crippen LogP) is 15.6. The standard InChI is InChI=1S/C65H53N7O/c1-64(2,47-27-13-7-14-28-47)62-67-61(68-63(69-62)65(3,4)48-29-15-8-16-30-48)55-42-54-53-33-17-18-36-56(53)72(59-37-19-20-38-66-59)57(54)43-58(55)73-50-32-21-31-49(41-50)70-39-40-71(44-70)60-51(45-23-9-5-10-24-45)34-22-35-52(60)46-25-11-6-12-26-46/h5-43H,44H2,1-4H3/i5D,6D,9D,10D,11D,12D,23D,24D,25D,26D. The Morgan fingerprint density at radius 2 is 1.10 bits per heavy atom. The van der Waals surface area contributed by atoms with Crippen LogP contribution in [-0.4, -0.2) is 31.2 Å². The van der Waals surface area contributed by atoms with Gasteiger partial charge in [-0.15, -0.1) is 0 Å². The summed E-state index contributed by atoms with van der Waals surface area (Å²) in [6.45, 7) is 8.55. The number of hydrogen-bond acceptors (Lipinski definition) is 7. The van der Waals surface area contributed by atoms with Crippen molar-refractivity contribution in [2.24, 2.45) is 0 Å². The summed E-state index contributed by atoms with van der Waals surface area (Å²) in [6.07, 6.45) is 5.32. The lowest BCUT2D eigenvalue weighted by Gasteiger charge is -2.29. The number of ether oxygens (including phenoxy) is 1. The van der Waals surface area contributed by atoms with E-state index in [0.717, 1.165) is 32.9 Å². The van der Waals surface area contributed by atoms with Gasteiger partial charge in [0.2, 0.25) is 0 Å². The Kier molecular flexibility index (Phi) is 8.91. The fraction of sp³-hybridized carbons (Fsp3) is 0.108. The topological polar surface area (TPSA) is 72.2 Å². The lowest BCUT2D eigenvalue weighted by Crippen LogP contribution is -2.29. The molecule has 0 unspecified atom stereocenters. The van der Waals surface area contributed by atoms with Gasteiger partial charge in [0.05, 0.1) is 42.7 Å². The summed E-state index contributed by atoms with van der Waals surface area (Å²) < 4.78 is 96.4. The molecule has 0 saturated carbocycles. The van der Waals surface area contributed by atoms with Crippen molar-refractivity contribution in [2.45, 2.75) is 38.5 Å². The normalized spacial score (nSPS) is 14.7. The van der Waals surface area contributed by atoms with E-state index in [2.05, 4.69) is 74.7 Å². The summed E-state index contributed by atoms with van der Waals surface area (Å²) >= 11 is 0. The van der Waals surface area contributed by atoms with Gasteiger partial charge in [-0.1, -0.05) is 170 Å². The van der Waals surface area contributed by atoms with E-state index in [0.29, 0.717) is 46.0 Å². The number of fused-ring (bicyclic) bond motifs is 3. The van der Waals surface area contributed by atoms with Crippen molar-refractivity contribution in [1.29, 1.82) is 0 Å². The Morgan fingerprint density at radius 1 is 0.507 bits per heavy atom. The Balaban J connectivity index is 1.01. The molecule has 4 heterocycles. The van der Waals surface area contributed by atoms with Crippen LogP contribution in [0.4, 0.5) is 11.4 Å². The first-order valence-electron chi connectivity index (χ1n) is 29.0. The molecule has 0 saturated heterocycles. The maximum Gasteiger partial charge on any atom is 0.167 e. The molecule has 0 aliphatic carbocycles. The van der Waals surface area contributed by atoms with Crippen molar-refractivity contribution in [3.8, 4) is 51.0 Å². The first-order valence-corrected chi connectivity index (χ1v) is 24.0. The lowest BCUT2D eigenvalue weighted by molar-refractivity contribution is 0.484. The van der Waals surface area contributed by atoms with Crippen LogP contribution in [0.15, 0.2) is 237 Å². The molecule has 0 amide bonds. The highest BCUT2D eigenvalue weighted by molar-refractivity contribution is 6.11. The number of anilines is 2. The van der Waals surface area contributed by atoms with E-state index < -0.39 is 71.3 Å². The minimum Gasteiger partial charge on any atom is -0.456 e. The average Bonchev–Trinajstić information content (AvgIpc) is 3.03. The van der Waals surface area contributed by atoms with Crippen LogP contribution in [0.2, 0.25) is 0 Å². The third kappa shape index (κ3) is 8.36. The third-order valence-corrected chi connectivity index (χ3v) is 13.6. The molecule has 73 heavy (non-hydrogen) atoms. The molecular weight excluding hydrogens is 895 g/mol. The summed E-state index contributed by atoms with van der Waals surface area (Å²) in [7, 11) is 0. The quantitative estimate of drug-likeness (QED) is 0.121. The van der Waals surface area contributed by atoms with E-state index in [-0.39, 0.29) is 34.6 Å². The molecule has 3 aromatic heterocycles. The largest absolute Gasteiger partial charge is 0.456 e. The van der Waals surface area contributed by atoms with Crippen molar-refractivity contribution < 1.29 is 18.4 Å². The molecule has 0 fully saturated rings. The van der Waals surface area contributed by atoms with Gasteiger partial charge in [-0.05, 0) is 86.3 Å². The smallest absolute Gasteiger partial charge is 0.167 e. The molecule has 0 bridgehead atoms. The minimum absolute atomic E-state index is 0.0803. The van der Waals surface area contributed by atoms with Crippen LogP contribution in [0.25, 0.3) is 61.3 Å². The average molecular weight is 958 g/mol. The molecule has 12 rings (SSSR count). The van der Waals surface area contributed by atoms with Crippen LogP contribution in [-0.2, 0) is 10.8 Å². The predicted molar refractivity (Wildman–Crippen MR) is 297 cm³/mol. The van der Waals surface area contributed by atoms with E-state index in [4.69, 9.17) is 38.4 Å². The summed E-state index contributed by atoms with van der Waals surface area (Å²) in [5, 5.41) is 1.91.